The first-order valence-electron chi connectivity index (χ1n) is 10.1. The molecule has 0 aliphatic carbocycles. The maximum absolute atomic E-state index is 13.1. The monoisotopic (exact) mass is 393 g/mol. The molecule has 0 bridgehead atoms. The molecule has 2 aliphatic rings. The summed E-state index contributed by atoms with van der Waals surface area (Å²) >= 11 is 0. The molecular formula is C23H27N3O3. The number of nitrogens with zero attached hydrogens (tertiary/aromatic N) is 3. The van der Waals surface area contributed by atoms with E-state index >= 15 is 0 Å². The molecule has 2 aromatic carbocycles. The summed E-state index contributed by atoms with van der Waals surface area (Å²) in [6, 6.07) is 16.0. The Kier molecular flexibility index (Phi) is 5.43. The molecule has 2 amide bonds. The third-order valence-electron chi connectivity index (χ3n) is 5.81. The molecule has 1 atom stereocenters. The summed E-state index contributed by atoms with van der Waals surface area (Å²) in [6.45, 7) is 5.39. The average Bonchev–Trinajstić information content (AvgIpc) is 3.15. The van der Waals surface area contributed by atoms with E-state index in [-0.39, 0.29) is 24.2 Å². The van der Waals surface area contributed by atoms with E-state index in [1.165, 1.54) is 5.69 Å². The molecule has 4 rings (SSSR count). The molecule has 0 spiro atoms. The Morgan fingerprint density at radius 1 is 1.03 bits per heavy atom. The number of amides is 2. The minimum Gasteiger partial charge on any atom is -0.495 e. The van der Waals surface area contributed by atoms with E-state index in [1.807, 2.05) is 48.2 Å². The molecule has 6 heteroatoms. The van der Waals surface area contributed by atoms with Crippen molar-refractivity contribution in [1.29, 1.82) is 0 Å². The largest absolute Gasteiger partial charge is 0.495 e. The number of hydrogen-bond donors (Lipinski definition) is 0. The van der Waals surface area contributed by atoms with Crippen molar-refractivity contribution in [2.24, 2.45) is 5.92 Å². The van der Waals surface area contributed by atoms with Gasteiger partial charge in [-0.2, -0.15) is 0 Å². The number of methoxy groups -OCH3 is 1. The van der Waals surface area contributed by atoms with Gasteiger partial charge in [-0.15, -0.1) is 0 Å². The molecule has 2 aromatic rings. The second-order valence-corrected chi connectivity index (χ2v) is 7.73. The van der Waals surface area contributed by atoms with Gasteiger partial charge in [0.05, 0.1) is 18.7 Å². The summed E-state index contributed by atoms with van der Waals surface area (Å²) < 4.78 is 5.43. The van der Waals surface area contributed by atoms with Gasteiger partial charge in [0.15, 0.2) is 0 Å². The molecule has 29 heavy (non-hydrogen) atoms. The van der Waals surface area contributed by atoms with Gasteiger partial charge in [0, 0.05) is 44.8 Å². The number of rotatable bonds is 4. The normalized spacial score (nSPS) is 19.6. The van der Waals surface area contributed by atoms with Gasteiger partial charge >= 0.3 is 0 Å². The zero-order valence-corrected chi connectivity index (χ0v) is 17.0. The van der Waals surface area contributed by atoms with Crippen LogP contribution in [0.4, 0.5) is 11.4 Å². The Bertz CT molecular complexity index is 891. The van der Waals surface area contributed by atoms with Gasteiger partial charge in [0.2, 0.25) is 11.8 Å². The highest BCUT2D eigenvalue weighted by molar-refractivity contribution is 6.01. The zero-order chi connectivity index (χ0) is 20.4. The number of hydrogen-bond acceptors (Lipinski definition) is 4. The van der Waals surface area contributed by atoms with Crippen LogP contribution in [0.1, 0.15) is 12.0 Å². The molecular weight excluding hydrogens is 366 g/mol. The standard InChI is InChI=1S/C23H27N3O3/c1-17-8-9-21(29-2)20(14-17)26-16-18(15-22(26)27)23(28)25-12-10-24(11-13-25)19-6-4-3-5-7-19/h3-9,14,18H,10-13,15-16H2,1-2H3/t18-/m0/s1. The topological polar surface area (TPSA) is 53.1 Å². The summed E-state index contributed by atoms with van der Waals surface area (Å²) in [7, 11) is 1.60. The number of aryl methyl sites for hydroxylation is 1. The van der Waals surface area contributed by atoms with E-state index in [9.17, 15) is 9.59 Å². The number of piperazine rings is 1. The maximum atomic E-state index is 13.1. The first-order valence-corrected chi connectivity index (χ1v) is 10.1. The van der Waals surface area contributed by atoms with Gasteiger partial charge in [0.25, 0.3) is 0 Å². The number of para-hydroxylation sites is 1. The third kappa shape index (κ3) is 3.92. The fraction of sp³-hybridized carbons (Fsp3) is 0.391. The fourth-order valence-electron chi connectivity index (χ4n) is 4.20. The lowest BCUT2D eigenvalue weighted by molar-refractivity contribution is -0.136. The Labute approximate surface area is 171 Å². The smallest absolute Gasteiger partial charge is 0.228 e. The summed E-state index contributed by atoms with van der Waals surface area (Å²) in [5.74, 6) is 0.430. The molecule has 0 radical (unpaired) electrons. The van der Waals surface area contributed by atoms with Crippen molar-refractivity contribution in [3.05, 3.63) is 54.1 Å². The predicted molar refractivity (Wildman–Crippen MR) is 113 cm³/mol. The summed E-state index contributed by atoms with van der Waals surface area (Å²) in [5.41, 5.74) is 3.00. The molecule has 2 heterocycles. The summed E-state index contributed by atoms with van der Waals surface area (Å²) in [5, 5.41) is 0. The molecule has 0 N–H and O–H groups in total. The van der Waals surface area contributed by atoms with Gasteiger partial charge in [-0.3, -0.25) is 9.59 Å². The number of ether oxygens (including phenoxy) is 1. The van der Waals surface area contributed by atoms with E-state index in [2.05, 4.69) is 17.0 Å². The van der Waals surface area contributed by atoms with E-state index in [1.54, 1.807) is 12.0 Å². The number of anilines is 2. The highest BCUT2D eigenvalue weighted by atomic mass is 16.5. The number of carbonyl (C=O) groups is 2. The van der Waals surface area contributed by atoms with Crippen molar-refractivity contribution in [2.75, 3.05) is 49.6 Å². The van der Waals surface area contributed by atoms with E-state index < -0.39 is 0 Å². The molecule has 152 valence electrons. The van der Waals surface area contributed by atoms with E-state index in [0.29, 0.717) is 25.4 Å². The zero-order valence-electron chi connectivity index (χ0n) is 17.0. The Morgan fingerprint density at radius 2 is 1.76 bits per heavy atom. The van der Waals surface area contributed by atoms with E-state index in [4.69, 9.17) is 4.74 Å². The predicted octanol–water partition coefficient (Wildman–Crippen LogP) is 2.71. The molecule has 0 unspecified atom stereocenters. The summed E-state index contributed by atoms with van der Waals surface area (Å²) in [4.78, 5) is 31.7. The third-order valence-corrected chi connectivity index (χ3v) is 5.81. The molecule has 2 saturated heterocycles. The second-order valence-electron chi connectivity index (χ2n) is 7.73. The van der Waals surface area contributed by atoms with Crippen LogP contribution in [-0.2, 0) is 9.59 Å². The van der Waals surface area contributed by atoms with Crippen molar-refractivity contribution in [3.63, 3.8) is 0 Å². The fourth-order valence-corrected chi connectivity index (χ4v) is 4.20. The SMILES string of the molecule is COc1ccc(C)cc1N1C[C@@H](C(=O)N2CCN(c3ccccc3)CC2)CC1=O. The molecule has 2 fully saturated rings. The van der Waals surface area contributed by atoms with Gasteiger partial charge in [-0.1, -0.05) is 24.3 Å². The first-order chi connectivity index (χ1) is 14.1. The minimum absolute atomic E-state index is 0.0184. The van der Waals surface area contributed by atoms with Crippen LogP contribution < -0.4 is 14.5 Å². The van der Waals surface area contributed by atoms with Crippen LogP contribution in [0.5, 0.6) is 5.75 Å². The van der Waals surface area contributed by atoms with Crippen LogP contribution in [0.3, 0.4) is 0 Å². The Morgan fingerprint density at radius 3 is 2.45 bits per heavy atom. The van der Waals surface area contributed by atoms with Crippen molar-refractivity contribution >= 4 is 23.2 Å². The Balaban J connectivity index is 1.41. The lowest BCUT2D eigenvalue weighted by atomic mass is 10.1. The van der Waals surface area contributed by atoms with Crippen LogP contribution in [0.15, 0.2) is 48.5 Å². The van der Waals surface area contributed by atoms with Gasteiger partial charge in [-0.05, 0) is 36.8 Å². The van der Waals surface area contributed by atoms with Crippen LogP contribution in [-0.4, -0.2) is 56.5 Å². The van der Waals surface area contributed by atoms with Crippen LogP contribution >= 0.6 is 0 Å². The van der Waals surface area contributed by atoms with Crippen molar-refractivity contribution < 1.29 is 14.3 Å². The van der Waals surface area contributed by atoms with Crippen molar-refractivity contribution in [1.82, 2.24) is 4.90 Å². The highest BCUT2D eigenvalue weighted by Crippen LogP contribution is 2.34. The lowest BCUT2D eigenvalue weighted by Gasteiger charge is -2.37. The Hall–Kier alpha value is -3.02. The van der Waals surface area contributed by atoms with Gasteiger partial charge < -0.3 is 19.4 Å². The van der Waals surface area contributed by atoms with Crippen molar-refractivity contribution in [2.45, 2.75) is 13.3 Å². The number of benzene rings is 2. The van der Waals surface area contributed by atoms with Gasteiger partial charge in [0.1, 0.15) is 5.75 Å². The molecule has 0 aromatic heterocycles. The molecule has 2 aliphatic heterocycles. The van der Waals surface area contributed by atoms with E-state index in [0.717, 1.165) is 24.3 Å². The first kappa shape index (κ1) is 19.3. The second kappa shape index (κ2) is 8.15. The van der Waals surface area contributed by atoms with Crippen LogP contribution in [0, 0.1) is 12.8 Å². The van der Waals surface area contributed by atoms with Crippen LogP contribution in [0.25, 0.3) is 0 Å². The summed E-state index contributed by atoms with van der Waals surface area (Å²) in [6.07, 6.45) is 0.259. The highest BCUT2D eigenvalue weighted by Gasteiger charge is 2.38. The minimum atomic E-state index is -0.295. The van der Waals surface area contributed by atoms with Crippen molar-refractivity contribution in [3.8, 4) is 5.75 Å². The van der Waals surface area contributed by atoms with Gasteiger partial charge in [-0.25, -0.2) is 0 Å². The maximum Gasteiger partial charge on any atom is 0.228 e. The average molecular weight is 393 g/mol. The number of carbonyl (C=O) groups excluding carboxylic acids is 2. The molecule has 0 saturated carbocycles. The quantitative estimate of drug-likeness (QED) is 0.802. The molecule has 6 nitrogen and oxygen atoms in total. The lowest BCUT2D eigenvalue weighted by Crippen LogP contribution is -2.50. The van der Waals surface area contributed by atoms with Crippen LogP contribution in [0.2, 0.25) is 0 Å².